The van der Waals surface area contributed by atoms with E-state index in [1.54, 1.807) is 12.4 Å². The monoisotopic (exact) mass is 545 g/mol. The van der Waals surface area contributed by atoms with Crippen LogP contribution in [0.15, 0.2) is 48.8 Å². The molecule has 0 radical (unpaired) electrons. The van der Waals surface area contributed by atoms with Crippen molar-refractivity contribution in [1.82, 2.24) is 25.0 Å². The highest BCUT2D eigenvalue weighted by molar-refractivity contribution is 5.78. The lowest BCUT2D eigenvalue weighted by Gasteiger charge is -2.55. The molecule has 0 bridgehead atoms. The highest BCUT2D eigenvalue weighted by atomic mass is 16.3. The van der Waals surface area contributed by atoms with Crippen molar-refractivity contribution in [3.05, 3.63) is 71.2 Å². The van der Waals surface area contributed by atoms with E-state index in [1.807, 2.05) is 43.0 Å². The van der Waals surface area contributed by atoms with Gasteiger partial charge >= 0.3 is 0 Å². The smallest absolute Gasteiger partial charge is 0.225 e. The highest BCUT2D eigenvalue weighted by Crippen LogP contribution is 2.50. The molecule has 0 unspecified atom stereocenters. The zero-order chi connectivity index (χ0) is 28.9. The second-order valence-electron chi connectivity index (χ2n) is 12.9. The summed E-state index contributed by atoms with van der Waals surface area (Å²) in [7, 11) is 2.07. The van der Waals surface area contributed by atoms with E-state index in [2.05, 4.69) is 60.0 Å². The van der Waals surface area contributed by atoms with Crippen LogP contribution in [0, 0.1) is 11.3 Å². The van der Waals surface area contributed by atoms with Gasteiger partial charge in [-0.3, -0.25) is 14.9 Å². The van der Waals surface area contributed by atoms with Crippen molar-refractivity contribution in [2.75, 3.05) is 33.2 Å². The number of nitrogens with zero attached hydrogens (tertiary/aromatic N) is 4. The van der Waals surface area contributed by atoms with Gasteiger partial charge in [0, 0.05) is 61.0 Å². The predicted molar refractivity (Wildman–Crippen MR) is 156 cm³/mol. The molecule has 0 saturated carbocycles. The highest BCUT2D eigenvalue weighted by Gasteiger charge is 2.55. The van der Waals surface area contributed by atoms with E-state index in [9.17, 15) is 15.0 Å². The number of carbonyl (C=O) groups is 1. The third kappa shape index (κ3) is 4.86. The molecule has 4 heterocycles. The Morgan fingerprint density at radius 1 is 1.02 bits per heavy atom. The number of nitrogens with one attached hydrogen (secondary N) is 1. The lowest BCUT2D eigenvalue weighted by Crippen LogP contribution is -2.63. The summed E-state index contributed by atoms with van der Waals surface area (Å²) in [5.74, 6) is 0.469. The minimum absolute atomic E-state index is 0.0564. The molecule has 1 aromatic carbocycles. The predicted octanol–water partition coefficient (Wildman–Crippen LogP) is 4.25. The Morgan fingerprint density at radius 2 is 1.68 bits per heavy atom. The number of carbonyl (C=O) groups excluding carboxylic acids is 1. The van der Waals surface area contributed by atoms with E-state index in [4.69, 9.17) is 0 Å². The molecule has 2 aliphatic rings. The van der Waals surface area contributed by atoms with Crippen molar-refractivity contribution in [2.45, 2.75) is 64.6 Å². The van der Waals surface area contributed by atoms with Gasteiger partial charge in [-0.1, -0.05) is 58.9 Å². The topological polar surface area (TPSA) is 106 Å². The first kappa shape index (κ1) is 28.5. The number of aromatic amines is 1. The number of pyridine rings is 1. The van der Waals surface area contributed by atoms with Crippen LogP contribution < -0.4 is 0 Å². The van der Waals surface area contributed by atoms with Gasteiger partial charge in [-0.05, 0) is 49.1 Å². The molecule has 0 spiro atoms. The van der Waals surface area contributed by atoms with E-state index < -0.39 is 16.6 Å². The van der Waals surface area contributed by atoms with Gasteiger partial charge in [0.2, 0.25) is 5.91 Å². The van der Waals surface area contributed by atoms with Crippen molar-refractivity contribution in [3.8, 4) is 11.3 Å². The molecular weight excluding hydrogens is 502 g/mol. The minimum atomic E-state index is -1.24. The molecule has 2 aliphatic heterocycles. The third-order valence-electron chi connectivity index (χ3n) is 9.03. The van der Waals surface area contributed by atoms with Crippen molar-refractivity contribution in [1.29, 1.82) is 0 Å². The van der Waals surface area contributed by atoms with Gasteiger partial charge in [-0.15, -0.1) is 0 Å². The number of amides is 1. The molecule has 3 N–H and O–H groups in total. The lowest BCUT2D eigenvalue weighted by atomic mass is 9.62. The van der Waals surface area contributed by atoms with Crippen LogP contribution in [-0.2, 0) is 16.0 Å². The summed E-state index contributed by atoms with van der Waals surface area (Å²) in [5, 5.41) is 31.6. The van der Waals surface area contributed by atoms with Crippen LogP contribution in [0.2, 0.25) is 0 Å². The fourth-order valence-corrected chi connectivity index (χ4v) is 6.56. The molecule has 2 fully saturated rings. The fraction of sp³-hybridized carbons (Fsp3) is 0.531. The Balaban J connectivity index is 1.45. The Kier molecular flexibility index (Phi) is 7.40. The van der Waals surface area contributed by atoms with E-state index in [-0.39, 0.29) is 11.8 Å². The summed E-state index contributed by atoms with van der Waals surface area (Å²) in [6.45, 7) is 12.8. The molecule has 5 rings (SSSR count). The number of aliphatic hydroxyl groups is 2. The average molecular weight is 546 g/mol. The number of hydrogen-bond donors (Lipinski definition) is 3. The van der Waals surface area contributed by atoms with Crippen LogP contribution in [-0.4, -0.2) is 74.3 Å². The maximum absolute atomic E-state index is 12.5. The van der Waals surface area contributed by atoms with Crippen LogP contribution in [0.1, 0.15) is 75.8 Å². The maximum atomic E-state index is 12.5. The van der Waals surface area contributed by atoms with Gasteiger partial charge in [0.1, 0.15) is 11.2 Å². The molecule has 8 heteroatoms. The maximum Gasteiger partial charge on any atom is 0.225 e. The largest absolute Gasteiger partial charge is 0.383 e. The average Bonchev–Trinajstić information content (AvgIpc) is 3.43. The second kappa shape index (κ2) is 10.4. The molecule has 40 heavy (non-hydrogen) atoms. The number of piperidine rings is 1. The van der Waals surface area contributed by atoms with Gasteiger partial charge in [0.05, 0.1) is 11.4 Å². The van der Waals surface area contributed by atoms with Crippen LogP contribution >= 0.6 is 0 Å². The Morgan fingerprint density at radius 3 is 2.25 bits per heavy atom. The van der Waals surface area contributed by atoms with Crippen LogP contribution in [0.3, 0.4) is 0 Å². The molecule has 214 valence electrons. The van der Waals surface area contributed by atoms with Crippen LogP contribution in [0.25, 0.3) is 11.3 Å². The number of likely N-dealkylation sites (tertiary alicyclic amines) is 2. The van der Waals surface area contributed by atoms with Crippen molar-refractivity contribution >= 4 is 5.91 Å². The van der Waals surface area contributed by atoms with E-state index in [0.717, 1.165) is 29.8 Å². The van der Waals surface area contributed by atoms with Crippen molar-refractivity contribution in [3.63, 3.8) is 0 Å². The molecule has 0 aliphatic carbocycles. The van der Waals surface area contributed by atoms with Gasteiger partial charge in [0.15, 0.2) is 0 Å². The standard InChI is InChI=1S/C32H43N5O3/c1-21(2)23-7-9-25(10-8-23)32(40,30(5)19-36(6)20-30)26-15-24(17-33-18-26)27-16-28(35-34-27)31(39)11-13-37(14-12-31)29(38)22(3)4/h7-10,15-18,21-22,39-40H,11-14,19-20H2,1-6H3,(H,34,35)/t32-/m0/s1. The first-order valence-electron chi connectivity index (χ1n) is 14.4. The third-order valence-corrected chi connectivity index (χ3v) is 9.03. The Bertz CT molecular complexity index is 1350. The first-order chi connectivity index (χ1) is 18.9. The van der Waals surface area contributed by atoms with E-state index >= 15 is 0 Å². The Labute approximate surface area is 237 Å². The number of rotatable bonds is 7. The van der Waals surface area contributed by atoms with Crippen molar-refractivity contribution < 1.29 is 15.0 Å². The summed E-state index contributed by atoms with van der Waals surface area (Å²) in [5.41, 5.74) is 2.16. The zero-order valence-corrected chi connectivity index (χ0v) is 24.6. The lowest BCUT2D eigenvalue weighted by molar-refractivity contribution is -0.139. The quantitative estimate of drug-likeness (QED) is 0.410. The molecular formula is C32H43N5O3. The van der Waals surface area contributed by atoms with Gasteiger partial charge in [-0.25, -0.2) is 0 Å². The van der Waals surface area contributed by atoms with Gasteiger partial charge < -0.3 is 20.0 Å². The molecule has 2 saturated heterocycles. The number of H-pyrrole nitrogens is 1. The van der Waals surface area contributed by atoms with Crippen molar-refractivity contribution in [2.24, 2.45) is 11.3 Å². The fourth-order valence-electron chi connectivity index (χ4n) is 6.56. The zero-order valence-electron chi connectivity index (χ0n) is 24.6. The van der Waals surface area contributed by atoms with Crippen LogP contribution in [0.4, 0.5) is 0 Å². The van der Waals surface area contributed by atoms with E-state index in [1.165, 1.54) is 5.56 Å². The Hall–Kier alpha value is -3.07. The molecule has 3 aromatic rings. The summed E-state index contributed by atoms with van der Waals surface area (Å²) < 4.78 is 0. The summed E-state index contributed by atoms with van der Waals surface area (Å²) in [6.07, 6.45) is 4.40. The van der Waals surface area contributed by atoms with E-state index in [0.29, 0.717) is 43.2 Å². The molecule has 8 nitrogen and oxygen atoms in total. The summed E-state index contributed by atoms with van der Waals surface area (Å²) in [4.78, 5) is 21.0. The second-order valence-corrected chi connectivity index (χ2v) is 12.9. The SMILES string of the molecule is CC(C)C(=O)N1CCC(O)(c2cc(-c3cncc([C@@](O)(c4ccc(C(C)C)cc4)C4(C)CN(C)C4)c3)n[nH]2)CC1. The van der Waals surface area contributed by atoms with Gasteiger partial charge in [0.25, 0.3) is 0 Å². The normalized spacial score (nSPS) is 20.4. The summed E-state index contributed by atoms with van der Waals surface area (Å²) in [6, 6.07) is 12.1. The minimum Gasteiger partial charge on any atom is -0.383 e. The first-order valence-corrected chi connectivity index (χ1v) is 14.4. The molecule has 1 atom stereocenters. The summed E-state index contributed by atoms with van der Waals surface area (Å²) >= 11 is 0. The van der Waals surface area contributed by atoms with Crippen LogP contribution in [0.5, 0.6) is 0 Å². The number of benzene rings is 1. The number of aromatic nitrogens is 3. The number of hydrogen-bond acceptors (Lipinski definition) is 6. The molecule has 1 amide bonds. The molecule has 2 aromatic heterocycles. The van der Waals surface area contributed by atoms with Gasteiger partial charge in [-0.2, -0.15) is 5.10 Å².